The molecule has 1 aliphatic rings. The zero-order valence-corrected chi connectivity index (χ0v) is 11.6. The summed E-state index contributed by atoms with van der Waals surface area (Å²) in [5.74, 6) is -0.371. The molecule has 0 bridgehead atoms. The predicted molar refractivity (Wildman–Crippen MR) is 76.2 cm³/mol. The van der Waals surface area contributed by atoms with Crippen LogP contribution in [0.25, 0.3) is 0 Å². The minimum absolute atomic E-state index is 0.226. The number of carbonyl (C=O) groups excluding carboxylic acids is 4. The van der Waals surface area contributed by atoms with E-state index in [9.17, 15) is 19.2 Å². The molecule has 22 heavy (non-hydrogen) atoms. The molecule has 1 saturated carbocycles. The summed E-state index contributed by atoms with van der Waals surface area (Å²) in [5.41, 5.74) is 4.18. The van der Waals surface area contributed by atoms with Gasteiger partial charge in [-0.3, -0.25) is 10.1 Å². The van der Waals surface area contributed by atoms with Gasteiger partial charge < -0.3 is 20.6 Å². The summed E-state index contributed by atoms with van der Waals surface area (Å²) in [4.78, 5) is 45.1. The van der Waals surface area contributed by atoms with Crippen molar-refractivity contribution in [3.63, 3.8) is 0 Å². The average molecular weight is 305 g/mol. The summed E-state index contributed by atoms with van der Waals surface area (Å²) < 4.78 is 4.64. The van der Waals surface area contributed by atoms with Crippen molar-refractivity contribution >= 4 is 30.0 Å². The van der Waals surface area contributed by atoms with E-state index in [0.29, 0.717) is 24.8 Å². The highest BCUT2D eigenvalue weighted by Gasteiger charge is 2.44. The number of benzene rings is 1. The topological polar surface area (TPSA) is 128 Å². The van der Waals surface area contributed by atoms with Crippen molar-refractivity contribution in [2.24, 2.45) is 11.1 Å². The van der Waals surface area contributed by atoms with Gasteiger partial charge in [0, 0.05) is 5.69 Å². The Morgan fingerprint density at radius 2 is 1.82 bits per heavy atom. The van der Waals surface area contributed by atoms with E-state index >= 15 is 0 Å². The smallest absolute Gasteiger partial charge is 0.409 e. The molecule has 0 aromatic heterocycles. The zero-order chi connectivity index (χ0) is 16.2. The Balaban J connectivity index is 1.90. The largest absolute Gasteiger partial charge is 0.411 e. The third-order valence-electron chi connectivity index (χ3n) is 3.48. The molecule has 0 radical (unpaired) electrons. The molecule has 2 rings (SSSR count). The van der Waals surface area contributed by atoms with E-state index in [0.717, 1.165) is 6.42 Å². The number of nitrogens with one attached hydrogen (secondary N) is 2. The van der Waals surface area contributed by atoms with E-state index < -0.39 is 23.4 Å². The number of carbonyl (C=O) groups is 4. The molecular formula is C14H15N3O5. The number of primary amides is 1. The molecule has 0 atom stereocenters. The van der Waals surface area contributed by atoms with Gasteiger partial charge in [0.05, 0.1) is 0 Å². The number of rotatable bonds is 4. The van der Waals surface area contributed by atoms with Crippen molar-refractivity contribution in [1.29, 1.82) is 0 Å². The number of hydrogen-bond acceptors (Lipinski definition) is 5. The molecular weight excluding hydrogens is 290 g/mol. The Bertz CT molecular complexity index is 607. The van der Waals surface area contributed by atoms with Crippen LogP contribution in [0.1, 0.15) is 19.3 Å². The maximum atomic E-state index is 11.9. The molecule has 4 N–H and O–H groups in total. The summed E-state index contributed by atoms with van der Waals surface area (Å²) in [7, 11) is 0. The van der Waals surface area contributed by atoms with E-state index in [1.54, 1.807) is 0 Å². The van der Waals surface area contributed by atoms with E-state index in [2.05, 4.69) is 15.4 Å². The van der Waals surface area contributed by atoms with Crippen molar-refractivity contribution in [3.8, 4) is 5.75 Å². The normalized spacial score (nSPS) is 15.1. The molecule has 4 amide bonds. The van der Waals surface area contributed by atoms with Gasteiger partial charge in [-0.2, -0.15) is 0 Å². The lowest BCUT2D eigenvalue weighted by molar-refractivity contribution is -0.140. The third-order valence-corrected chi connectivity index (χ3v) is 3.48. The fraction of sp³-hybridized carbons (Fsp3) is 0.286. The Kier molecular flexibility index (Phi) is 4.40. The van der Waals surface area contributed by atoms with Crippen molar-refractivity contribution < 1.29 is 23.9 Å². The number of anilines is 1. The first-order valence-corrected chi connectivity index (χ1v) is 6.61. The zero-order valence-electron chi connectivity index (χ0n) is 11.6. The van der Waals surface area contributed by atoms with Crippen LogP contribution in [0.5, 0.6) is 5.75 Å². The van der Waals surface area contributed by atoms with Gasteiger partial charge >= 0.3 is 12.1 Å². The average Bonchev–Trinajstić information content (AvgIpc) is 2.39. The van der Waals surface area contributed by atoms with Crippen LogP contribution in [0, 0.1) is 5.41 Å². The number of urea groups is 1. The second kappa shape index (κ2) is 6.25. The van der Waals surface area contributed by atoms with Gasteiger partial charge in [0.1, 0.15) is 17.5 Å². The van der Waals surface area contributed by atoms with Crippen LogP contribution < -0.4 is 21.1 Å². The summed E-state index contributed by atoms with van der Waals surface area (Å²) in [5, 5.41) is 4.58. The molecule has 0 spiro atoms. The first-order chi connectivity index (χ1) is 10.4. The lowest BCUT2D eigenvalue weighted by atomic mass is 9.69. The molecule has 0 unspecified atom stereocenters. The number of nitrogens with two attached hydrogens (primary N) is 1. The molecule has 1 aromatic rings. The highest BCUT2D eigenvalue weighted by atomic mass is 16.5. The van der Waals surface area contributed by atoms with Crippen LogP contribution >= 0.6 is 0 Å². The Hall–Kier alpha value is -2.90. The van der Waals surface area contributed by atoms with Crippen molar-refractivity contribution in [3.05, 3.63) is 24.3 Å². The number of ether oxygens (including phenoxy) is 1. The lowest BCUT2D eigenvalue weighted by Crippen LogP contribution is -2.49. The van der Waals surface area contributed by atoms with Crippen molar-refractivity contribution in [2.45, 2.75) is 19.3 Å². The standard InChI is InChI=1S/C14H15N3O5/c15-12(20)22-10-4-2-9(3-5-10)16-13(21)17-11(19)14(8-18)6-1-7-14/h2-5,8H,1,6-7H2,(H2,15,20)(H2,16,17,19,21). The van der Waals surface area contributed by atoms with Gasteiger partial charge in [0.15, 0.2) is 0 Å². The molecule has 1 aliphatic carbocycles. The van der Waals surface area contributed by atoms with E-state index in [1.807, 2.05) is 0 Å². The predicted octanol–water partition coefficient (Wildman–Crippen LogP) is 1.16. The third kappa shape index (κ3) is 3.40. The summed E-state index contributed by atoms with van der Waals surface area (Å²) in [6, 6.07) is 5.08. The van der Waals surface area contributed by atoms with Crippen LogP contribution in [0.2, 0.25) is 0 Å². The number of hydrogen-bond donors (Lipinski definition) is 3. The Labute approximate surface area is 126 Å². The fourth-order valence-corrected chi connectivity index (χ4v) is 2.07. The summed E-state index contributed by atoms with van der Waals surface area (Å²) in [6.45, 7) is 0. The molecule has 116 valence electrons. The Morgan fingerprint density at radius 1 is 1.18 bits per heavy atom. The molecule has 1 aromatic carbocycles. The fourth-order valence-electron chi connectivity index (χ4n) is 2.07. The minimum atomic E-state index is -1.07. The quantitative estimate of drug-likeness (QED) is 0.568. The second-order valence-electron chi connectivity index (χ2n) is 4.98. The molecule has 0 aliphatic heterocycles. The SMILES string of the molecule is NC(=O)Oc1ccc(NC(=O)NC(=O)C2(C=O)CCC2)cc1. The van der Waals surface area contributed by atoms with Gasteiger partial charge in [-0.15, -0.1) is 0 Å². The van der Waals surface area contributed by atoms with Gasteiger partial charge in [0.25, 0.3) is 0 Å². The van der Waals surface area contributed by atoms with Crippen LogP contribution in [0.4, 0.5) is 15.3 Å². The summed E-state index contributed by atoms with van der Waals surface area (Å²) in [6.07, 6.45) is 1.34. The lowest BCUT2D eigenvalue weighted by Gasteiger charge is -2.34. The molecule has 0 heterocycles. The first kappa shape index (κ1) is 15.5. The van der Waals surface area contributed by atoms with Gasteiger partial charge in [0.2, 0.25) is 5.91 Å². The van der Waals surface area contributed by atoms with Crippen LogP contribution in [-0.4, -0.2) is 24.3 Å². The Morgan fingerprint density at radius 3 is 2.27 bits per heavy atom. The van der Waals surface area contributed by atoms with E-state index in [1.165, 1.54) is 24.3 Å². The van der Waals surface area contributed by atoms with Crippen LogP contribution in [0.15, 0.2) is 24.3 Å². The maximum absolute atomic E-state index is 11.9. The molecule has 8 nitrogen and oxygen atoms in total. The van der Waals surface area contributed by atoms with E-state index in [4.69, 9.17) is 5.73 Å². The van der Waals surface area contributed by atoms with Gasteiger partial charge in [-0.25, -0.2) is 9.59 Å². The molecule has 8 heteroatoms. The highest BCUT2D eigenvalue weighted by molar-refractivity contribution is 6.08. The highest BCUT2D eigenvalue weighted by Crippen LogP contribution is 2.38. The van der Waals surface area contributed by atoms with Gasteiger partial charge in [-0.05, 0) is 37.1 Å². The first-order valence-electron chi connectivity index (χ1n) is 6.61. The van der Waals surface area contributed by atoms with Crippen molar-refractivity contribution in [2.75, 3.05) is 5.32 Å². The molecule has 1 fully saturated rings. The minimum Gasteiger partial charge on any atom is -0.411 e. The van der Waals surface area contributed by atoms with Crippen LogP contribution in [-0.2, 0) is 9.59 Å². The molecule has 0 saturated heterocycles. The maximum Gasteiger partial charge on any atom is 0.409 e. The monoisotopic (exact) mass is 305 g/mol. The number of amides is 4. The van der Waals surface area contributed by atoms with Crippen molar-refractivity contribution in [1.82, 2.24) is 5.32 Å². The number of aldehydes is 1. The van der Waals surface area contributed by atoms with E-state index in [-0.39, 0.29) is 5.75 Å². The number of imide groups is 1. The summed E-state index contributed by atoms with van der Waals surface area (Å²) >= 11 is 0. The van der Waals surface area contributed by atoms with Crippen LogP contribution in [0.3, 0.4) is 0 Å². The second-order valence-corrected chi connectivity index (χ2v) is 4.98. The van der Waals surface area contributed by atoms with Gasteiger partial charge in [-0.1, -0.05) is 6.42 Å².